The molecule has 2 heterocycles. The Morgan fingerprint density at radius 1 is 1.10 bits per heavy atom. The number of carbonyl (C=O) groups excluding carboxylic acids is 1. The summed E-state index contributed by atoms with van der Waals surface area (Å²) in [6.45, 7) is 9.08. The molecule has 0 aliphatic rings. The number of fused-ring (bicyclic) bond motifs is 1. The highest BCUT2D eigenvalue weighted by atomic mass is 35.5. The molecule has 0 aliphatic heterocycles. The van der Waals surface area contributed by atoms with Crippen molar-refractivity contribution in [1.29, 1.82) is 0 Å². The molecule has 0 radical (unpaired) electrons. The van der Waals surface area contributed by atoms with E-state index in [4.69, 9.17) is 26.1 Å². The number of methoxy groups -OCH3 is 2. The van der Waals surface area contributed by atoms with Crippen molar-refractivity contribution in [3.63, 3.8) is 0 Å². The van der Waals surface area contributed by atoms with Gasteiger partial charge in [-0.2, -0.15) is 9.97 Å². The normalized spacial score (nSPS) is 11.2. The number of aryl methyl sites for hydroxylation is 1. The van der Waals surface area contributed by atoms with Crippen LogP contribution in [0.15, 0.2) is 18.2 Å². The van der Waals surface area contributed by atoms with E-state index in [1.54, 1.807) is 4.90 Å². The van der Waals surface area contributed by atoms with Gasteiger partial charge >= 0.3 is 6.01 Å². The molecule has 0 atom stereocenters. The van der Waals surface area contributed by atoms with Crippen LogP contribution in [-0.2, 0) is 0 Å². The predicted molar refractivity (Wildman–Crippen MR) is 124 cm³/mol. The molecule has 10 heteroatoms. The van der Waals surface area contributed by atoms with Gasteiger partial charge in [-0.3, -0.25) is 9.69 Å². The second kappa shape index (κ2) is 10.2. The number of carbonyl (C=O) groups is 1. The van der Waals surface area contributed by atoms with Gasteiger partial charge in [-0.25, -0.2) is 4.98 Å². The van der Waals surface area contributed by atoms with Crippen LogP contribution in [0.1, 0.15) is 29.9 Å². The van der Waals surface area contributed by atoms with Gasteiger partial charge in [0.25, 0.3) is 5.91 Å². The number of halogens is 1. The third-order valence-corrected chi connectivity index (χ3v) is 6.53. The first kappa shape index (κ1) is 23.2. The molecule has 0 spiro atoms. The molecule has 2 aromatic heterocycles. The topological polar surface area (TPSA) is 80.7 Å². The predicted octanol–water partition coefficient (Wildman–Crippen LogP) is 4.05. The summed E-state index contributed by atoms with van der Waals surface area (Å²) >= 11 is 7.79. The zero-order valence-corrected chi connectivity index (χ0v) is 19.9. The first-order valence-corrected chi connectivity index (χ1v) is 11.2. The number of benzene rings is 1. The number of ether oxygens (including phenoxy) is 2. The zero-order chi connectivity index (χ0) is 22.5. The Labute approximate surface area is 190 Å². The molecule has 0 aliphatic carbocycles. The number of rotatable bonds is 9. The molecule has 0 unspecified atom stereocenters. The van der Waals surface area contributed by atoms with Gasteiger partial charge in [0.15, 0.2) is 5.13 Å². The highest BCUT2D eigenvalue weighted by Crippen LogP contribution is 2.36. The van der Waals surface area contributed by atoms with E-state index in [-0.39, 0.29) is 23.5 Å². The highest BCUT2D eigenvalue weighted by Gasteiger charge is 2.25. The first-order valence-electron chi connectivity index (χ1n) is 9.98. The largest absolute Gasteiger partial charge is 0.481 e. The standard InChI is InChI=1S/C21H26ClN5O3S/c1-6-26(7-2)10-11-27(19(28)15-12-16(29-4)24-20(23-15)30-5)21-25-17-13(3)8-9-14(22)18(17)31-21/h8-9,12H,6-7,10-11H2,1-5H3. The maximum atomic E-state index is 13.6. The van der Waals surface area contributed by atoms with Gasteiger partial charge in [0, 0.05) is 19.2 Å². The Balaban J connectivity index is 2.05. The molecular formula is C21H26ClN5O3S. The van der Waals surface area contributed by atoms with Crippen LogP contribution in [0.2, 0.25) is 5.02 Å². The van der Waals surface area contributed by atoms with Crippen LogP contribution in [0, 0.1) is 6.92 Å². The molecule has 1 amide bonds. The second-order valence-corrected chi connectivity index (χ2v) is 8.19. The molecule has 31 heavy (non-hydrogen) atoms. The Morgan fingerprint density at radius 3 is 2.45 bits per heavy atom. The van der Waals surface area contributed by atoms with Crippen molar-refractivity contribution < 1.29 is 14.3 Å². The van der Waals surface area contributed by atoms with Crippen LogP contribution >= 0.6 is 22.9 Å². The Morgan fingerprint density at radius 2 is 1.84 bits per heavy atom. The van der Waals surface area contributed by atoms with Crippen LogP contribution in [0.3, 0.4) is 0 Å². The van der Waals surface area contributed by atoms with E-state index in [1.165, 1.54) is 31.6 Å². The van der Waals surface area contributed by atoms with E-state index in [9.17, 15) is 4.79 Å². The summed E-state index contributed by atoms with van der Waals surface area (Å²) in [6, 6.07) is 5.34. The Kier molecular flexibility index (Phi) is 7.64. The van der Waals surface area contributed by atoms with Gasteiger partial charge in [0.05, 0.1) is 29.5 Å². The highest BCUT2D eigenvalue weighted by molar-refractivity contribution is 7.23. The van der Waals surface area contributed by atoms with E-state index in [1.807, 2.05) is 19.1 Å². The van der Waals surface area contributed by atoms with Crippen LogP contribution < -0.4 is 14.4 Å². The molecule has 0 N–H and O–H groups in total. The average molecular weight is 464 g/mol. The molecule has 3 aromatic rings. The smallest absolute Gasteiger partial charge is 0.320 e. The van der Waals surface area contributed by atoms with Gasteiger partial charge in [-0.15, -0.1) is 0 Å². The number of hydrogen-bond donors (Lipinski definition) is 0. The van der Waals surface area contributed by atoms with Crippen LogP contribution in [0.4, 0.5) is 5.13 Å². The van der Waals surface area contributed by atoms with Gasteiger partial charge in [-0.1, -0.05) is 42.9 Å². The van der Waals surface area contributed by atoms with Crippen molar-refractivity contribution in [2.24, 2.45) is 0 Å². The van der Waals surface area contributed by atoms with Crippen molar-refractivity contribution in [3.8, 4) is 11.9 Å². The molecule has 1 aromatic carbocycles. The summed E-state index contributed by atoms with van der Waals surface area (Å²) in [7, 11) is 2.92. The van der Waals surface area contributed by atoms with Crippen molar-refractivity contribution in [1.82, 2.24) is 19.9 Å². The lowest BCUT2D eigenvalue weighted by Gasteiger charge is -2.24. The third kappa shape index (κ3) is 5.06. The van der Waals surface area contributed by atoms with E-state index in [0.29, 0.717) is 23.2 Å². The zero-order valence-electron chi connectivity index (χ0n) is 18.3. The van der Waals surface area contributed by atoms with Crippen LogP contribution in [0.5, 0.6) is 11.9 Å². The number of nitrogens with zero attached hydrogens (tertiary/aromatic N) is 5. The first-order chi connectivity index (χ1) is 14.9. The van der Waals surface area contributed by atoms with Gasteiger partial charge in [0.2, 0.25) is 5.88 Å². The number of anilines is 1. The molecule has 166 valence electrons. The third-order valence-electron chi connectivity index (χ3n) is 4.99. The summed E-state index contributed by atoms with van der Waals surface area (Å²) in [5, 5.41) is 1.19. The second-order valence-electron chi connectivity index (χ2n) is 6.80. The number of amides is 1. The molecule has 0 bridgehead atoms. The fourth-order valence-electron chi connectivity index (χ4n) is 3.12. The monoisotopic (exact) mass is 463 g/mol. The molecule has 0 saturated heterocycles. The number of likely N-dealkylation sites (N-methyl/N-ethyl adjacent to an activating group) is 1. The van der Waals surface area contributed by atoms with E-state index >= 15 is 0 Å². The minimum Gasteiger partial charge on any atom is -0.481 e. The summed E-state index contributed by atoms with van der Waals surface area (Å²) in [5.74, 6) is -0.0546. The summed E-state index contributed by atoms with van der Waals surface area (Å²) in [5.41, 5.74) is 1.97. The summed E-state index contributed by atoms with van der Waals surface area (Å²) in [4.78, 5) is 30.5. The molecule has 0 saturated carbocycles. The fraction of sp³-hybridized carbons (Fsp3) is 0.429. The lowest BCUT2D eigenvalue weighted by atomic mass is 10.2. The Bertz CT molecular complexity index is 1010. The van der Waals surface area contributed by atoms with Crippen molar-refractivity contribution in [3.05, 3.63) is 34.5 Å². The maximum Gasteiger partial charge on any atom is 0.320 e. The maximum absolute atomic E-state index is 13.6. The minimum atomic E-state index is -0.306. The van der Waals surface area contributed by atoms with Crippen LogP contribution in [0.25, 0.3) is 10.2 Å². The minimum absolute atomic E-state index is 0.0644. The van der Waals surface area contributed by atoms with Crippen molar-refractivity contribution in [2.45, 2.75) is 20.8 Å². The van der Waals surface area contributed by atoms with Gasteiger partial charge in [-0.05, 0) is 31.6 Å². The molecular weight excluding hydrogens is 438 g/mol. The van der Waals surface area contributed by atoms with E-state index < -0.39 is 0 Å². The molecule has 8 nitrogen and oxygen atoms in total. The van der Waals surface area contributed by atoms with Gasteiger partial charge < -0.3 is 14.4 Å². The summed E-state index contributed by atoms with van der Waals surface area (Å²) < 4.78 is 11.2. The van der Waals surface area contributed by atoms with Gasteiger partial charge in [0.1, 0.15) is 5.69 Å². The summed E-state index contributed by atoms with van der Waals surface area (Å²) in [6.07, 6.45) is 0. The van der Waals surface area contributed by atoms with Crippen LogP contribution in [-0.4, -0.2) is 66.2 Å². The lowest BCUT2D eigenvalue weighted by Crippen LogP contribution is -2.39. The SMILES string of the molecule is CCN(CC)CCN(C(=O)c1cc(OC)nc(OC)n1)c1nc2c(C)ccc(Cl)c2s1. The number of hydrogen-bond acceptors (Lipinski definition) is 8. The quantitative estimate of drug-likeness (QED) is 0.473. The molecule has 3 rings (SSSR count). The van der Waals surface area contributed by atoms with Crippen molar-refractivity contribution in [2.75, 3.05) is 45.3 Å². The number of thiazole rings is 1. The lowest BCUT2D eigenvalue weighted by molar-refractivity contribution is 0.0977. The average Bonchev–Trinajstić information content (AvgIpc) is 3.25. The fourth-order valence-corrected chi connectivity index (χ4v) is 4.46. The Hall–Kier alpha value is -2.49. The van der Waals surface area contributed by atoms with E-state index in [2.05, 4.69) is 28.7 Å². The number of aromatic nitrogens is 3. The molecule has 0 fully saturated rings. The van der Waals surface area contributed by atoms with Crippen molar-refractivity contribution >= 4 is 44.2 Å². The van der Waals surface area contributed by atoms with E-state index in [0.717, 1.165) is 28.9 Å².